The molecule has 1 aliphatic rings. The van der Waals surface area contributed by atoms with Gasteiger partial charge in [0.15, 0.2) is 0 Å². The number of nitrogens with two attached hydrogens (primary N) is 1. The van der Waals surface area contributed by atoms with E-state index in [-0.39, 0.29) is 5.02 Å². The predicted octanol–water partition coefficient (Wildman–Crippen LogP) is 2.22. The molecule has 118 valence electrons. The Morgan fingerprint density at radius 1 is 1.33 bits per heavy atom. The number of nitrogens with zero attached hydrogens (tertiary/aromatic N) is 3. The number of aromatic nitrogens is 1. The predicted molar refractivity (Wildman–Crippen MR) is 76.6 cm³/mol. The second-order valence-corrected chi connectivity index (χ2v) is 5.54. The molecule has 2 heterocycles. The molecule has 1 aromatic heterocycles. The number of halogens is 4. The Morgan fingerprint density at radius 3 is 2.43 bits per heavy atom. The van der Waals surface area contributed by atoms with Crippen LogP contribution in [-0.2, 0) is 6.18 Å². The summed E-state index contributed by atoms with van der Waals surface area (Å²) < 4.78 is 37.8. The van der Waals surface area contributed by atoms with E-state index in [1.807, 2.05) is 4.90 Å². The van der Waals surface area contributed by atoms with Crippen LogP contribution in [0.25, 0.3) is 0 Å². The highest BCUT2D eigenvalue weighted by molar-refractivity contribution is 6.33. The molecule has 1 unspecified atom stereocenters. The lowest BCUT2D eigenvalue weighted by molar-refractivity contribution is -0.137. The van der Waals surface area contributed by atoms with Gasteiger partial charge in [-0.1, -0.05) is 11.6 Å². The van der Waals surface area contributed by atoms with E-state index in [0.717, 1.165) is 25.4 Å². The van der Waals surface area contributed by atoms with Crippen LogP contribution < -0.4 is 10.6 Å². The van der Waals surface area contributed by atoms with E-state index >= 15 is 0 Å². The van der Waals surface area contributed by atoms with Crippen molar-refractivity contribution < 1.29 is 13.2 Å². The van der Waals surface area contributed by atoms with Gasteiger partial charge in [0.05, 0.1) is 10.6 Å². The largest absolute Gasteiger partial charge is 0.417 e. The Morgan fingerprint density at radius 2 is 1.95 bits per heavy atom. The Bertz CT molecular complexity index is 487. The van der Waals surface area contributed by atoms with Crippen LogP contribution in [0.3, 0.4) is 0 Å². The van der Waals surface area contributed by atoms with E-state index in [0.29, 0.717) is 31.5 Å². The van der Waals surface area contributed by atoms with Crippen LogP contribution in [0.4, 0.5) is 19.0 Å². The number of pyridine rings is 1. The minimum absolute atomic E-state index is 0.0325. The summed E-state index contributed by atoms with van der Waals surface area (Å²) in [5, 5.41) is 0.0325. The minimum atomic E-state index is -4.43. The molecular weight excluding hydrogens is 305 g/mol. The first-order valence-corrected chi connectivity index (χ1v) is 7.12. The van der Waals surface area contributed by atoms with Crippen LogP contribution in [0.15, 0.2) is 12.3 Å². The topological polar surface area (TPSA) is 45.4 Å². The third-order valence-electron chi connectivity index (χ3n) is 3.73. The van der Waals surface area contributed by atoms with Crippen LogP contribution in [-0.4, -0.2) is 48.6 Å². The molecule has 0 saturated carbocycles. The number of alkyl halides is 3. The summed E-state index contributed by atoms with van der Waals surface area (Å²) in [4.78, 5) is 8.04. The highest BCUT2D eigenvalue weighted by Crippen LogP contribution is 2.33. The molecule has 1 saturated heterocycles. The number of piperazine rings is 1. The first kappa shape index (κ1) is 16.3. The zero-order valence-electron chi connectivity index (χ0n) is 11.7. The zero-order valence-corrected chi connectivity index (χ0v) is 12.5. The fourth-order valence-electron chi connectivity index (χ4n) is 2.34. The Labute approximate surface area is 126 Å². The molecule has 0 amide bonds. The molecule has 1 aromatic rings. The van der Waals surface area contributed by atoms with Crippen molar-refractivity contribution >= 4 is 17.4 Å². The van der Waals surface area contributed by atoms with Crippen molar-refractivity contribution in [3.05, 3.63) is 22.8 Å². The third kappa shape index (κ3) is 3.78. The van der Waals surface area contributed by atoms with Gasteiger partial charge in [-0.05, 0) is 13.0 Å². The van der Waals surface area contributed by atoms with E-state index in [4.69, 9.17) is 17.3 Å². The van der Waals surface area contributed by atoms with Crippen LogP contribution in [0.5, 0.6) is 0 Å². The molecule has 2 N–H and O–H groups in total. The normalized spacial score (nSPS) is 18.9. The highest BCUT2D eigenvalue weighted by Gasteiger charge is 2.32. The summed E-state index contributed by atoms with van der Waals surface area (Å²) >= 11 is 5.96. The van der Waals surface area contributed by atoms with Crippen molar-refractivity contribution in [3.63, 3.8) is 0 Å². The smallest absolute Gasteiger partial charge is 0.353 e. The van der Waals surface area contributed by atoms with Crippen molar-refractivity contribution in [2.45, 2.75) is 19.1 Å². The molecule has 0 spiro atoms. The van der Waals surface area contributed by atoms with Gasteiger partial charge in [0.25, 0.3) is 0 Å². The summed E-state index contributed by atoms with van der Waals surface area (Å²) in [5.74, 6) is 0.407. The van der Waals surface area contributed by atoms with E-state index in [2.05, 4.69) is 16.8 Å². The summed E-state index contributed by atoms with van der Waals surface area (Å²) in [6.07, 6.45) is -3.60. The van der Waals surface area contributed by atoms with Crippen molar-refractivity contribution in [2.75, 3.05) is 37.6 Å². The first-order valence-electron chi connectivity index (χ1n) is 6.74. The number of anilines is 1. The molecule has 0 aromatic carbocycles. The molecule has 2 rings (SSSR count). The Hall–Kier alpha value is -1.05. The lowest BCUT2D eigenvalue weighted by Crippen LogP contribution is -2.51. The molecule has 21 heavy (non-hydrogen) atoms. The monoisotopic (exact) mass is 322 g/mol. The fraction of sp³-hybridized carbons (Fsp3) is 0.615. The molecule has 8 heteroatoms. The standard InChI is InChI=1S/C13H18ClF3N4/c1-9(7-18)20-2-4-21(5-3-20)12-11(14)6-10(8-19-12)13(15,16)17/h6,8-9H,2-5,7,18H2,1H3. The van der Waals surface area contributed by atoms with Crippen LogP contribution in [0, 0.1) is 0 Å². The molecule has 0 aliphatic carbocycles. The van der Waals surface area contributed by atoms with Crippen molar-refractivity contribution in [3.8, 4) is 0 Å². The van der Waals surface area contributed by atoms with E-state index in [9.17, 15) is 13.2 Å². The maximum Gasteiger partial charge on any atom is 0.417 e. The molecule has 1 atom stereocenters. The summed E-state index contributed by atoms with van der Waals surface area (Å²) in [6, 6.07) is 1.22. The van der Waals surface area contributed by atoms with Crippen LogP contribution in [0.1, 0.15) is 12.5 Å². The minimum Gasteiger partial charge on any atom is -0.353 e. The van der Waals surface area contributed by atoms with Crippen molar-refractivity contribution in [1.29, 1.82) is 0 Å². The SMILES string of the molecule is CC(CN)N1CCN(c2ncc(C(F)(F)F)cc2Cl)CC1. The fourth-order valence-corrected chi connectivity index (χ4v) is 2.63. The second-order valence-electron chi connectivity index (χ2n) is 5.13. The Kier molecular flexibility index (Phi) is 4.95. The number of hydrogen-bond acceptors (Lipinski definition) is 4. The van der Waals surface area contributed by atoms with Gasteiger partial charge in [-0.2, -0.15) is 13.2 Å². The van der Waals surface area contributed by atoms with Gasteiger partial charge in [0.1, 0.15) is 5.82 Å². The van der Waals surface area contributed by atoms with Gasteiger partial charge in [-0.3, -0.25) is 4.90 Å². The number of hydrogen-bond donors (Lipinski definition) is 1. The first-order chi connectivity index (χ1) is 9.82. The molecule has 4 nitrogen and oxygen atoms in total. The molecule has 0 radical (unpaired) electrons. The Balaban J connectivity index is 2.07. The molecular formula is C13H18ClF3N4. The third-order valence-corrected chi connectivity index (χ3v) is 4.01. The zero-order chi connectivity index (χ0) is 15.6. The van der Waals surface area contributed by atoms with E-state index in [1.165, 1.54) is 0 Å². The summed E-state index contributed by atoms with van der Waals surface area (Å²) in [7, 11) is 0. The summed E-state index contributed by atoms with van der Waals surface area (Å²) in [5.41, 5.74) is 4.81. The van der Waals surface area contributed by atoms with Crippen molar-refractivity contribution in [2.24, 2.45) is 5.73 Å². The second kappa shape index (κ2) is 6.37. The highest BCUT2D eigenvalue weighted by atomic mass is 35.5. The number of rotatable bonds is 3. The maximum atomic E-state index is 12.6. The average Bonchev–Trinajstić information content (AvgIpc) is 2.45. The average molecular weight is 323 g/mol. The lowest BCUT2D eigenvalue weighted by Gasteiger charge is -2.38. The molecule has 1 aliphatic heterocycles. The maximum absolute atomic E-state index is 12.6. The lowest BCUT2D eigenvalue weighted by atomic mass is 10.2. The van der Waals surface area contributed by atoms with Gasteiger partial charge < -0.3 is 10.6 Å². The van der Waals surface area contributed by atoms with E-state index < -0.39 is 11.7 Å². The van der Waals surface area contributed by atoms with Crippen LogP contribution >= 0.6 is 11.6 Å². The van der Waals surface area contributed by atoms with E-state index in [1.54, 1.807) is 0 Å². The van der Waals surface area contributed by atoms with Gasteiger partial charge in [0.2, 0.25) is 0 Å². The molecule has 0 bridgehead atoms. The summed E-state index contributed by atoms with van der Waals surface area (Å²) in [6.45, 7) is 5.55. The van der Waals surface area contributed by atoms with Crippen LogP contribution in [0.2, 0.25) is 5.02 Å². The quantitative estimate of drug-likeness (QED) is 0.927. The van der Waals surface area contributed by atoms with Gasteiger partial charge >= 0.3 is 6.18 Å². The van der Waals surface area contributed by atoms with Gasteiger partial charge in [0, 0.05) is 45.0 Å². The van der Waals surface area contributed by atoms with Crippen molar-refractivity contribution in [1.82, 2.24) is 9.88 Å². The van der Waals surface area contributed by atoms with Gasteiger partial charge in [-0.15, -0.1) is 0 Å². The van der Waals surface area contributed by atoms with Gasteiger partial charge in [-0.25, -0.2) is 4.98 Å². The molecule has 1 fully saturated rings.